The summed E-state index contributed by atoms with van der Waals surface area (Å²) in [4.78, 5) is 50.6. The van der Waals surface area contributed by atoms with Gasteiger partial charge in [-0.05, 0) is 30.2 Å². The third-order valence-electron chi connectivity index (χ3n) is 4.74. The summed E-state index contributed by atoms with van der Waals surface area (Å²) in [6.07, 6.45) is 0. The van der Waals surface area contributed by atoms with Crippen LogP contribution in [0.1, 0.15) is 24.2 Å². The summed E-state index contributed by atoms with van der Waals surface area (Å²) in [6.45, 7) is 2.55. The van der Waals surface area contributed by atoms with Crippen molar-refractivity contribution in [2.45, 2.75) is 19.9 Å². The highest BCUT2D eigenvalue weighted by Crippen LogP contribution is 2.28. The lowest BCUT2D eigenvalue weighted by Crippen LogP contribution is -2.47. The Morgan fingerprint density at radius 3 is 2.52 bits per heavy atom. The van der Waals surface area contributed by atoms with E-state index in [0.717, 1.165) is 6.07 Å². The predicted molar refractivity (Wildman–Crippen MR) is 111 cm³/mol. The summed E-state index contributed by atoms with van der Waals surface area (Å²) in [5, 5.41) is 5.12. The van der Waals surface area contributed by atoms with Gasteiger partial charge < -0.3 is 15.4 Å². The van der Waals surface area contributed by atoms with E-state index in [-0.39, 0.29) is 23.9 Å². The molecule has 162 valence electrons. The number of carbonyl (C=O) groups is 4. The fourth-order valence-electron chi connectivity index (χ4n) is 3.12. The van der Waals surface area contributed by atoms with Crippen molar-refractivity contribution >= 4 is 35.1 Å². The van der Waals surface area contributed by atoms with E-state index in [1.165, 1.54) is 23.1 Å². The maximum atomic E-state index is 13.8. The maximum Gasteiger partial charge on any atom is 0.329 e. The third-order valence-corrected chi connectivity index (χ3v) is 4.74. The summed E-state index contributed by atoms with van der Waals surface area (Å²) in [5.41, 5.74) is 0.778. The second kappa shape index (κ2) is 9.38. The largest absolute Gasteiger partial charge is 0.454 e. The quantitative estimate of drug-likeness (QED) is 0.687. The molecule has 1 aliphatic rings. The number of nitrogens with zero attached hydrogens (tertiary/aromatic N) is 1. The molecule has 0 bridgehead atoms. The lowest BCUT2D eigenvalue weighted by molar-refractivity contribution is -0.150. The molecule has 0 spiro atoms. The third kappa shape index (κ3) is 5.06. The van der Waals surface area contributed by atoms with Gasteiger partial charge >= 0.3 is 5.97 Å². The predicted octanol–water partition coefficient (Wildman–Crippen LogP) is 2.11. The molecule has 1 heterocycles. The van der Waals surface area contributed by atoms with Gasteiger partial charge in [-0.2, -0.15) is 0 Å². The SMILES string of the molecule is CC(C)C(NC(=O)c1ccccc1F)C(=O)OCC(=O)N1CC(=O)Nc2ccccc21. The van der Waals surface area contributed by atoms with Crippen LogP contribution in [-0.4, -0.2) is 42.9 Å². The van der Waals surface area contributed by atoms with Gasteiger partial charge in [0.1, 0.15) is 18.4 Å². The number of rotatable bonds is 6. The normalized spacial score (nSPS) is 13.8. The monoisotopic (exact) mass is 427 g/mol. The van der Waals surface area contributed by atoms with Crippen LogP contribution in [0.25, 0.3) is 0 Å². The molecular formula is C22H22FN3O5. The van der Waals surface area contributed by atoms with E-state index in [2.05, 4.69) is 10.6 Å². The Balaban J connectivity index is 1.65. The fourth-order valence-corrected chi connectivity index (χ4v) is 3.12. The van der Waals surface area contributed by atoms with E-state index in [9.17, 15) is 23.6 Å². The minimum Gasteiger partial charge on any atom is -0.454 e. The molecule has 0 radical (unpaired) electrons. The summed E-state index contributed by atoms with van der Waals surface area (Å²) >= 11 is 0. The topological polar surface area (TPSA) is 105 Å². The minimum atomic E-state index is -1.09. The number of esters is 1. The molecule has 9 heteroatoms. The van der Waals surface area contributed by atoms with Crippen molar-refractivity contribution in [1.82, 2.24) is 5.32 Å². The van der Waals surface area contributed by atoms with Crippen LogP contribution < -0.4 is 15.5 Å². The number of fused-ring (bicyclic) bond motifs is 1. The zero-order chi connectivity index (χ0) is 22.5. The molecule has 8 nitrogen and oxygen atoms in total. The molecule has 31 heavy (non-hydrogen) atoms. The van der Waals surface area contributed by atoms with Crippen molar-refractivity contribution in [3.05, 3.63) is 59.9 Å². The van der Waals surface area contributed by atoms with Gasteiger partial charge in [-0.15, -0.1) is 0 Å². The molecule has 0 saturated carbocycles. The number of hydrogen-bond donors (Lipinski definition) is 2. The number of halogens is 1. The van der Waals surface area contributed by atoms with E-state index in [1.807, 2.05) is 0 Å². The zero-order valence-corrected chi connectivity index (χ0v) is 17.1. The number of anilines is 2. The summed E-state index contributed by atoms with van der Waals surface area (Å²) in [5.74, 6) is -3.63. The van der Waals surface area contributed by atoms with Crippen LogP contribution in [0.5, 0.6) is 0 Å². The van der Waals surface area contributed by atoms with Crippen LogP contribution in [-0.2, 0) is 19.1 Å². The van der Waals surface area contributed by atoms with Gasteiger partial charge in [-0.25, -0.2) is 9.18 Å². The Kier molecular flexibility index (Phi) is 6.64. The van der Waals surface area contributed by atoms with E-state index < -0.39 is 36.2 Å². The maximum absolute atomic E-state index is 13.8. The first-order valence-electron chi connectivity index (χ1n) is 9.69. The summed E-state index contributed by atoms with van der Waals surface area (Å²) < 4.78 is 19.0. The molecular weight excluding hydrogens is 405 g/mol. The minimum absolute atomic E-state index is 0.201. The molecule has 2 aromatic carbocycles. The van der Waals surface area contributed by atoms with Crippen LogP contribution in [0.3, 0.4) is 0 Å². The van der Waals surface area contributed by atoms with E-state index in [4.69, 9.17) is 4.74 Å². The molecule has 2 aromatic rings. The Morgan fingerprint density at radius 1 is 1.13 bits per heavy atom. The average molecular weight is 427 g/mol. The zero-order valence-electron chi connectivity index (χ0n) is 17.1. The number of amides is 3. The molecule has 3 rings (SSSR count). The van der Waals surface area contributed by atoms with Gasteiger partial charge in [0.25, 0.3) is 11.8 Å². The van der Waals surface area contributed by atoms with Crippen LogP contribution in [0, 0.1) is 11.7 Å². The number of carbonyl (C=O) groups excluding carboxylic acids is 4. The Labute approximate surface area is 178 Å². The first-order valence-corrected chi connectivity index (χ1v) is 9.69. The molecule has 1 atom stereocenters. The highest BCUT2D eigenvalue weighted by Gasteiger charge is 2.30. The Bertz CT molecular complexity index is 1020. The highest BCUT2D eigenvalue weighted by atomic mass is 19.1. The molecule has 1 unspecified atom stereocenters. The van der Waals surface area contributed by atoms with Gasteiger partial charge in [0.15, 0.2) is 6.61 Å². The lowest BCUT2D eigenvalue weighted by atomic mass is 10.0. The molecule has 0 aromatic heterocycles. The second-order valence-corrected chi connectivity index (χ2v) is 7.33. The van der Waals surface area contributed by atoms with Crippen molar-refractivity contribution in [3.63, 3.8) is 0 Å². The number of ether oxygens (including phenoxy) is 1. The second-order valence-electron chi connectivity index (χ2n) is 7.33. The average Bonchev–Trinajstić information content (AvgIpc) is 2.74. The lowest BCUT2D eigenvalue weighted by Gasteiger charge is -2.29. The van der Waals surface area contributed by atoms with E-state index in [1.54, 1.807) is 38.1 Å². The van der Waals surface area contributed by atoms with Gasteiger partial charge in [-0.1, -0.05) is 38.1 Å². The standard InChI is InChI=1S/C22H22FN3O5/c1-13(2)20(25-21(29)14-7-3-4-8-15(14)23)22(30)31-12-19(28)26-11-18(27)24-16-9-5-6-10-17(16)26/h3-10,13,20H,11-12H2,1-2H3,(H,24,27)(H,25,29). The van der Waals surface area contributed by atoms with E-state index in [0.29, 0.717) is 11.4 Å². The smallest absolute Gasteiger partial charge is 0.329 e. The van der Waals surface area contributed by atoms with Crippen molar-refractivity contribution < 1.29 is 28.3 Å². The molecule has 2 N–H and O–H groups in total. The fraction of sp³-hybridized carbons (Fsp3) is 0.273. The molecule has 3 amide bonds. The number of benzene rings is 2. The van der Waals surface area contributed by atoms with Gasteiger partial charge in [-0.3, -0.25) is 19.3 Å². The van der Waals surface area contributed by atoms with Crippen molar-refractivity contribution in [3.8, 4) is 0 Å². The Morgan fingerprint density at radius 2 is 1.81 bits per heavy atom. The Hall–Kier alpha value is -3.75. The molecule has 0 fully saturated rings. The van der Waals surface area contributed by atoms with Gasteiger partial charge in [0, 0.05) is 0 Å². The van der Waals surface area contributed by atoms with Crippen molar-refractivity contribution in [2.24, 2.45) is 5.92 Å². The molecule has 0 aliphatic carbocycles. The van der Waals surface area contributed by atoms with Crippen LogP contribution in [0.2, 0.25) is 0 Å². The number of hydrogen-bond acceptors (Lipinski definition) is 5. The highest BCUT2D eigenvalue weighted by molar-refractivity contribution is 6.10. The first kappa shape index (κ1) is 21.9. The van der Waals surface area contributed by atoms with Gasteiger partial charge in [0.05, 0.1) is 16.9 Å². The summed E-state index contributed by atoms with van der Waals surface area (Å²) in [6, 6.07) is 11.1. The van der Waals surface area contributed by atoms with Gasteiger partial charge in [0.2, 0.25) is 5.91 Å². The van der Waals surface area contributed by atoms with Crippen molar-refractivity contribution in [1.29, 1.82) is 0 Å². The van der Waals surface area contributed by atoms with Crippen LogP contribution in [0.4, 0.5) is 15.8 Å². The van der Waals surface area contributed by atoms with Crippen LogP contribution in [0.15, 0.2) is 48.5 Å². The first-order chi connectivity index (χ1) is 14.8. The van der Waals surface area contributed by atoms with Crippen molar-refractivity contribution in [2.75, 3.05) is 23.4 Å². The van der Waals surface area contributed by atoms with E-state index >= 15 is 0 Å². The number of para-hydroxylation sites is 2. The molecule has 0 saturated heterocycles. The number of nitrogens with one attached hydrogen (secondary N) is 2. The summed E-state index contributed by atoms with van der Waals surface area (Å²) in [7, 11) is 0. The molecule has 1 aliphatic heterocycles. The van der Waals surface area contributed by atoms with Crippen LogP contribution >= 0.6 is 0 Å².